The minimum Gasteiger partial charge on any atom is -0.280 e. The van der Waals surface area contributed by atoms with E-state index in [2.05, 4.69) is 15.6 Å². The first-order valence-electron chi connectivity index (χ1n) is 5.33. The van der Waals surface area contributed by atoms with Crippen LogP contribution in [0, 0.1) is 12.3 Å². The van der Waals surface area contributed by atoms with Crippen molar-refractivity contribution in [3.63, 3.8) is 0 Å². The molecule has 2 rings (SSSR count). The van der Waals surface area contributed by atoms with E-state index < -0.39 is 10.0 Å². The number of halogens is 2. The molecule has 1 heterocycles. The van der Waals surface area contributed by atoms with E-state index in [1.165, 1.54) is 6.07 Å². The van der Waals surface area contributed by atoms with E-state index in [0.717, 1.165) is 6.20 Å². The van der Waals surface area contributed by atoms with E-state index in [-0.39, 0.29) is 15.1 Å². The van der Waals surface area contributed by atoms with Crippen molar-refractivity contribution in [3.05, 3.63) is 52.3 Å². The van der Waals surface area contributed by atoms with Gasteiger partial charge in [-0.15, -0.1) is 6.42 Å². The first-order valence-corrected chi connectivity index (χ1v) is 7.57. The van der Waals surface area contributed by atoms with Gasteiger partial charge in [-0.1, -0.05) is 35.2 Å². The number of terminal acetylenes is 1. The van der Waals surface area contributed by atoms with Gasteiger partial charge in [-0.3, -0.25) is 4.72 Å². The summed E-state index contributed by atoms with van der Waals surface area (Å²) in [5.41, 5.74) is 0.920. The molecule has 0 aliphatic carbocycles. The fraction of sp³-hybridized carbons (Fsp3) is 0. The molecule has 0 unspecified atom stereocenters. The maximum absolute atomic E-state index is 12.2. The smallest absolute Gasteiger partial charge is 0.263 e. The normalized spacial score (nSPS) is 10.8. The van der Waals surface area contributed by atoms with Gasteiger partial charge in [-0.05, 0) is 24.3 Å². The molecule has 20 heavy (non-hydrogen) atoms. The van der Waals surface area contributed by atoms with Crippen molar-refractivity contribution < 1.29 is 8.42 Å². The summed E-state index contributed by atoms with van der Waals surface area (Å²) in [6.45, 7) is 0. The Bertz CT molecular complexity index is 798. The van der Waals surface area contributed by atoms with Crippen molar-refractivity contribution in [2.75, 3.05) is 4.72 Å². The summed E-state index contributed by atoms with van der Waals surface area (Å²) in [5.74, 6) is 2.42. The highest BCUT2D eigenvalue weighted by molar-refractivity contribution is 7.92. The lowest BCUT2D eigenvalue weighted by atomic mass is 10.2. The zero-order valence-corrected chi connectivity index (χ0v) is 12.3. The molecule has 0 radical (unpaired) electrons. The van der Waals surface area contributed by atoms with Crippen LogP contribution in [0.2, 0.25) is 10.2 Å². The number of anilines is 1. The molecule has 0 amide bonds. The summed E-state index contributed by atoms with van der Waals surface area (Å²) in [6.07, 6.45) is 6.39. The molecule has 0 aliphatic rings. The number of hydrogen-bond donors (Lipinski definition) is 1. The first kappa shape index (κ1) is 14.7. The lowest BCUT2D eigenvalue weighted by molar-refractivity contribution is 0.601. The molecule has 1 aromatic heterocycles. The minimum absolute atomic E-state index is 0.0416. The summed E-state index contributed by atoms with van der Waals surface area (Å²) in [5, 5.41) is 0.104. The molecular formula is C13H8Cl2N2O2S. The fourth-order valence-corrected chi connectivity index (χ4v) is 2.79. The van der Waals surface area contributed by atoms with Crippen LogP contribution >= 0.6 is 23.2 Å². The second kappa shape index (κ2) is 5.71. The average molecular weight is 327 g/mol. The molecule has 0 aliphatic heterocycles. The second-order valence-electron chi connectivity index (χ2n) is 3.77. The van der Waals surface area contributed by atoms with Crippen molar-refractivity contribution in [1.82, 2.24) is 4.98 Å². The van der Waals surface area contributed by atoms with Gasteiger partial charge in [0.25, 0.3) is 10.0 Å². The average Bonchev–Trinajstić information content (AvgIpc) is 2.41. The molecular weight excluding hydrogens is 319 g/mol. The van der Waals surface area contributed by atoms with Crippen LogP contribution in [0.25, 0.3) is 0 Å². The Kier molecular flexibility index (Phi) is 4.19. The third-order valence-electron chi connectivity index (χ3n) is 2.36. The van der Waals surface area contributed by atoms with Crippen LogP contribution < -0.4 is 4.72 Å². The summed E-state index contributed by atoms with van der Waals surface area (Å²) in [4.78, 5) is 3.62. The summed E-state index contributed by atoms with van der Waals surface area (Å²) in [6, 6.07) is 7.70. The monoisotopic (exact) mass is 326 g/mol. The Morgan fingerprint density at radius 1 is 1.25 bits per heavy atom. The Balaban J connectivity index is 2.35. The van der Waals surface area contributed by atoms with Gasteiger partial charge in [0.2, 0.25) is 0 Å². The Hall–Kier alpha value is -1.74. The number of benzene rings is 1. The molecule has 7 heteroatoms. The van der Waals surface area contributed by atoms with Crippen molar-refractivity contribution >= 4 is 38.9 Å². The SMILES string of the molecule is C#Cc1cccc(NS(=O)(=O)c2cnc(Cl)c(Cl)c2)c1. The van der Waals surface area contributed by atoms with Gasteiger partial charge in [-0.2, -0.15) is 0 Å². The lowest BCUT2D eigenvalue weighted by Crippen LogP contribution is -2.13. The summed E-state index contributed by atoms with van der Waals surface area (Å²) >= 11 is 11.4. The van der Waals surface area contributed by atoms with E-state index in [4.69, 9.17) is 29.6 Å². The quantitative estimate of drug-likeness (QED) is 0.696. The van der Waals surface area contributed by atoms with E-state index in [1.807, 2.05) is 0 Å². The number of aromatic nitrogens is 1. The summed E-state index contributed by atoms with van der Waals surface area (Å²) in [7, 11) is -3.80. The molecule has 0 bridgehead atoms. The molecule has 0 atom stereocenters. The van der Waals surface area contributed by atoms with Crippen LogP contribution in [-0.4, -0.2) is 13.4 Å². The zero-order chi connectivity index (χ0) is 14.8. The van der Waals surface area contributed by atoms with Crippen LogP contribution in [0.3, 0.4) is 0 Å². The van der Waals surface area contributed by atoms with E-state index in [9.17, 15) is 8.42 Å². The van der Waals surface area contributed by atoms with Gasteiger partial charge in [0.05, 0.1) is 10.7 Å². The highest BCUT2D eigenvalue weighted by Crippen LogP contribution is 2.23. The van der Waals surface area contributed by atoms with Gasteiger partial charge in [0, 0.05) is 11.8 Å². The molecule has 1 N–H and O–H groups in total. The Labute approximate surface area is 126 Å². The van der Waals surface area contributed by atoms with Gasteiger partial charge in [-0.25, -0.2) is 13.4 Å². The van der Waals surface area contributed by atoms with Gasteiger partial charge in [0.1, 0.15) is 10.0 Å². The Morgan fingerprint density at radius 3 is 2.65 bits per heavy atom. The highest BCUT2D eigenvalue weighted by atomic mass is 35.5. The topological polar surface area (TPSA) is 59.1 Å². The predicted octanol–water partition coefficient (Wildman–Crippen LogP) is 3.17. The van der Waals surface area contributed by atoms with Gasteiger partial charge < -0.3 is 0 Å². The fourth-order valence-electron chi connectivity index (χ4n) is 1.44. The van der Waals surface area contributed by atoms with Crippen LogP contribution in [0.5, 0.6) is 0 Å². The number of pyridine rings is 1. The van der Waals surface area contributed by atoms with Crippen molar-refractivity contribution in [2.24, 2.45) is 0 Å². The summed E-state index contributed by atoms with van der Waals surface area (Å²) < 4.78 is 26.7. The van der Waals surface area contributed by atoms with Crippen LogP contribution in [-0.2, 0) is 10.0 Å². The molecule has 0 spiro atoms. The van der Waals surface area contributed by atoms with Gasteiger partial charge in [0.15, 0.2) is 0 Å². The lowest BCUT2D eigenvalue weighted by Gasteiger charge is -2.08. The number of sulfonamides is 1. The Morgan fingerprint density at radius 2 is 2.00 bits per heavy atom. The molecule has 0 saturated heterocycles. The molecule has 0 fully saturated rings. The van der Waals surface area contributed by atoms with E-state index in [1.54, 1.807) is 24.3 Å². The number of nitrogens with zero attached hydrogens (tertiary/aromatic N) is 1. The number of nitrogens with one attached hydrogen (secondary N) is 1. The minimum atomic E-state index is -3.80. The molecule has 1 aromatic carbocycles. The molecule has 4 nitrogen and oxygen atoms in total. The van der Waals surface area contributed by atoms with Gasteiger partial charge >= 0.3 is 0 Å². The molecule has 0 saturated carbocycles. The number of rotatable bonds is 3. The first-order chi connectivity index (χ1) is 9.42. The standard InChI is InChI=1S/C13H8Cl2N2O2S/c1-2-9-4-3-5-10(6-9)17-20(18,19)11-7-12(14)13(15)16-8-11/h1,3-8,17H. The maximum atomic E-state index is 12.2. The molecule has 2 aromatic rings. The zero-order valence-electron chi connectivity index (χ0n) is 9.97. The van der Waals surface area contributed by atoms with E-state index >= 15 is 0 Å². The van der Waals surface area contributed by atoms with Crippen LogP contribution in [0.4, 0.5) is 5.69 Å². The molecule has 102 valence electrons. The highest BCUT2D eigenvalue weighted by Gasteiger charge is 2.16. The third kappa shape index (κ3) is 3.23. The largest absolute Gasteiger partial charge is 0.280 e. The predicted molar refractivity (Wildman–Crippen MR) is 79.4 cm³/mol. The van der Waals surface area contributed by atoms with E-state index in [0.29, 0.717) is 11.3 Å². The van der Waals surface area contributed by atoms with Crippen LogP contribution in [0.15, 0.2) is 41.4 Å². The maximum Gasteiger partial charge on any atom is 0.263 e. The van der Waals surface area contributed by atoms with Crippen molar-refractivity contribution in [1.29, 1.82) is 0 Å². The van der Waals surface area contributed by atoms with Crippen molar-refractivity contribution in [2.45, 2.75) is 4.90 Å². The van der Waals surface area contributed by atoms with Crippen molar-refractivity contribution in [3.8, 4) is 12.3 Å². The number of hydrogen-bond acceptors (Lipinski definition) is 3. The van der Waals surface area contributed by atoms with Crippen LogP contribution in [0.1, 0.15) is 5.56 Å². The second-order valence-corrected chi connectivity index (χ2v) is 6.22. The third-order valence-corrected chi connectivity index (χ3v) is 4.40.